The molecule has 132 valence electrons. The zero-order chi connectivity index (χ0) is 18.1. The lowest BCUT2D eigenvalue weighted by atomic mass is 10.1. The molecule has 6 heteroatoms. The van der Waals surface area contributed by atoms with Crippen molar-refractivity contribution in [3.63, 3.8) is 0 Å². The number of para-hydroxylation sites is 1. The molecule has 0 bridgehead atoms. The molecule has 0 amide bonds. The lowest BCUT2D eigenvalue weighted by molar-refractivity contribution is 0.276. The van der Waals surface area contributed by atoms with Gasteiger partial charge in [-0.25, -0.2) is 4.68 Å². The van der Waals surface area contributed by atoms with Gasteiger partial charge in [0.2, 0.25) is 0 Å². The summed E-state index contributed by atoms with van der Waals surface area (Å²) in [4.78, 5) is 0. The Kier molecular flexibility index (Phi) is 4.61. The highest BCUT2D eigenvalue weighted by Crippen LogP contribution is 2.30. The van der Waals surface area contributed by atoms with Gasteiger partial charge < -0.3 is 5.11 Å². The second-order valence-corrected chi connectivity index (χ2v) is 7.04. The number of fused-ring (bicyclic) bond motifs is 1. The number of aryl methyl sites for hydroxylation is 1. The second kappa shape index (κ2) is 7.05. The number of nitrogens with zero attached hydrogens (tertiary/aromatic N) is 4. The van der Waals surface area contributed by atoms with Crippen LogP contribution in [0, 0.1) is 0 Å². The number of hydrogen-bond acceptors (Lipinski definition) is 3. The minimum Gasteiger partial charge on any atom is -0.390 e. The molecule has 0 spiro atoms. The zero-order valence-electron chi connectivity index (χ0n) is 14.4. The molecule has 5 nitrogen and oxygen atoms in total. The Labute approximate surface area is 160 Å². The predicted molar refractivity (Wildman–Crippen MR) is 106 cm³/mol. The average Bonchev–Trinajstić information content (AvgIpc) is 3.26. The number of rotatable bonds is 5. The first-order chi connectivity index (χ1) is 12.7. The lowest BCUT2D eigenvalue weighted by Crippen LogP contribution is -2.01. The number of benzene rings is 2. The van der Waals surface area contributed by atoms with E-state index in [4.69, 9.17) is 0 Å². The summed E-state index contributed by atoms with van der Waals surface area (Å²) in [6.45, 7) is 2.94. The van der Waals surface area contributed by atoms with E-state index in [2.05, 4.69) is 51.3 Å². The Morgan fingerprint density at radius 3 is 2.73 bits per heavy atom. The molecular formula is C20H19BrN4O. The smallest absolute Gasteiger partial charge is 0.0889 e. The normalized spacial score (nSPS) is 11.3. The molecule has 0 atom stereocenters. The Bertz CT molecular complexity index is 1070. The average molecular weight is 411 g/mol. The standard InChI is InChI=1S/C20H19BrN4O/c1-2-9-24-19-10-14(7-8-15(19)12-22-24)20-11-16(13-26)23-25(20)18-6-4-3-5-17(18)21/h3-8,10-12,26H,2,9,13H2,1H3. The predicted octanol–water partition coefficient (Wildman–Crippen LogP) is 4.55. The molecule has 0 fully saturated rings. The maximum Gasteiger partial charge on any atom is 0.0889 e. The van der Waals surface area contributed by atoms with Gasteiger partial charge in [0.25, 0.3) is 0 Å². The second-order valence-electron chi connectivity index (χ2n) is 6.18. The summed E-state index contributed by atoms with van der Waals surface area (Å²) in [5, 5.41) is 19.8. The fourth-order valence-electron chi connectivity index (χ4n) is 3.14. The van der Waals surface area contributed by atoms with Crippen LogP contribution in [-0.4, -0.2) is 24.7 Å². The van der Waals surface area contributed by atoms with E-state index in [-0.39, 0.29) is 6.61 Å². The first-order valence-electron chi connectivity index (χ1n) is 8.62. The van der Waals surface area contributed by atoms with Gasteiger partial charge in [0.1, 0.15) is 0 Å². The summed E-state index contributed by atoms with van der Waals surface area (Å²) in [5.41, 5.74) is 4.66. The fraction of sp³-hybridized carbons (Fsp3) is 0.200. The zero-order valence-corrected chi connectivity index (χ0v) is 16.0. The van der Waals surface area contributed by atoms with Crippen molar-refractivity contribution in [2.45, 2.75) is 26.5 Å². The number of aliphatic hydroxyl groups is 1. The van der Waals surface area contributed by atoms with Crippen molar-refractivity contribution in [1.82, 2.24) is 19.6 Å². The summed E-state index contributed by atoms with van der Waals surface area (Å²) < 4.78 is 4.85. The quantitative estimate of drug-likeness (QED) is 0.524. The van der Waals surface area contributed by atoms with Gasteiger partial charge in [-0.05, 0) is 46.6 Å². The van der Waals surface area contributed by atoms with Gasteiger partial charge in [0.15, 0.2) is 0 Å². The van der Waals surface area contributed by atoms with E-state index in [0.717, 1.165) is 45.3 Å². The van der Waals surface area contributed by atoms with Crippen LogP contribution in [0.25, 0.3) is 27.8 Å². The summed E-state index contributed by atoms with van der Waals surface area (Å²) >= 11 is 3.60. The van der Waals surface area contributed by atoms with Gasteiger partial charge in [0.05, 0.1) is 35.4 Å². The van der Waals surface area contributed by atoms with E-state index in [1.807, 2.05) is 45.9 Å². The molecule has 4 aromatic rings. The van der Waals surface area contributed by atoms with Gasteiger partial charge >= 0.3 is 0 Å². The SMILES string of the molecule is CCCn1ncc2ccc(-c3cc(CO)nn3-c3ccccc3Br)cc21. The Morgan fingerprint density at radius 2 is 1.96 bits per heavy atom. The minimum absolute atomic E-state index is 0.0968. The monoisotopic (exact) mass is 410 g/mol. The topological polar surface area (TPSA) is 55.9 Å². The van der Waals surface area contributed by atoms with Crippen LogP contribution in [0.5, 0.6) is 0 Å². The van der Waals surface area contributed by atoms with Crippen molar-refractivity contribution >= 4 is 26.8 Å². The summed E-state index contributed by atoms with van der Waals surface area (Å²) in [6, 6.07) is 16.2. The maximum absolute atomic E-state index is 9.59. The highest BCUT2D eigenvalue weighted by molar-refractivity contribution is 9.10. The third kappa shape index (κ3) is 2.95. The molecule has 0 aliphatic rings. The van der Waals surface area contributed by atoms with Crippen molar-refractivity contribution in [1.29, 1.82) is 0 Å². The maximum atomic E-state index is 9.59. The molecule has 1 N–H and O–H groups in total. The van der Waals surface area contributed by atoms with Gasteiger partial charge in [0, 0.05) is 22.0 Å². The first kappa shape index (κ1) is 17.0. The highest BCUT2D eigenvalue weighted by atomic mass is 79.9. The van der Waals surface area contributed by atoms with Crippen LogP contribution in [0.15, 0.2) is 59.2 Å². The Balaban J connectivity index is 1.90. The molecule has 0 saturated carbocycles. The molecule has 0 radical (unpaired) electrons. The molecule has 0 aliphatic heterocycles. The van der Waals surface area contributed by atoms with Crippen LogP contribution in [0.2, 0.25) is 0 Å². The van der Waals surface area contributed by atoms with E-state index in [9.17, 15) is 5.11 Å². The van der Waals surface area contributed by atoms with E-state index in [0.29, 0.717) is 5.69 Å². The van der Waals surface area contributed by atoms with E-state index in [1.54, 1.807) is 0 Å². The van der Waals surface area contributed by atoms with Crippen LogP contribution in [0.4, 0.5) is 0 Å². The van der Waals surface area contributed by atoms with Crippen LogP contribution < -0.4 is 0 Å². The largest absolute Gasteiger partial charge is 0.390 e. The van der Waals surface area contributed by atoms with Crippen molar-refractivity contribution in [2.75, 3.05) is 0 Å². The third-order valence-corrected chi connectivity index (χ3v) is 5.05. The summed E-state index contributed by atoms with van der Waals surface area (Å²) in [5.74, 6) is 0. The molecule has 4 rings (SSSR count). The number of aliphatic hydroxyl groups excluding tert-OH is 1. The van der Waals surface area contributed by atoms with E-state index < -0.39 is 0 Å². The van der Waals surface area contributed by atoms with Crippen LogP contribution >= 0.6 is 15.9 Å². The molecule has 0 saturated heterocycles. The first-order valence-corrected chi connectivity index (χ1v) is 9.41. The summed E-state index contributed by atoms with van der Waals surface area (Å²) in [6.07, 6.45) is 2.93. The molecule has 0 unspecified atom stereocenters. The van der Waals surface area contributed by atoms with E-state index in [1.165, 1.54) is 0 Å². The van der Waals surface area contributed by atoms with Crippen LogP contribution in [0.3, 0.4) is 0 Å². The molecular weight excluding hydrogens is 392 g/mol. The number of aromatic nitrogens is 4. The van der Waals surface area contributed by atoms with Crippen molar-refractivity contribution < 1.29 is 5.11 Å². The fourth-order valence-corrected chi connectivity index (χ4v) is 3.59. The molecule has 2 aromatic heterocycles. The van der Waals surface area contributed by atoms with Crippen LogP contribution in [0.1, 0.15) is 19.0 Å². The summed E-state index contributed by atoms with van der Waals surface area (Å²) in [7, 11) is 0. The van der Waals surface area contributed by atoms with Gasteiger partial charge in [-0.15, -0.1) is 0 Å². The highest BCUT2D eigenvalue weighted by Gasteiger charge is 2.14. The van der Waals surface area contributed by atoms with Crippen LogP contribution in [-0.2, 0) is 13.2 Å². The molecule has 0 aliphatic carbocycles. The van der Waals surface area contributed by atoms with Gasteiger partial charge in [-0.1, -0.05) is 31.2 Å². The third-order valence-electron chi connectivity index (χ3n) is 4.38. The van der Waals surface area contributed by atoms with Gasteiger partial charge in [-0.3, -0.25) is 4.68 Å². The number of halogens is 1. The molecule has 2 heterocycles. The van der Waals surface area contributed by atoms with Crippen molar-refractivity contribution in [2.24, 2.45) is 0 Å². The number of hydrogen-bond donors (Lipinski definition) is 1. The molecule has 26 heavy (non-hydrogen) atoms. The van der Waals surface area contributed by atoms with Crippen molar-refractivity contribution in [3.05, 3.63) is 64.9 Å². The lowest BCUT2D eigenvalue weighted by Gasteiger charge is -2.10. The Morgan fingerprint density at radius 1 is 1.12 bits per heavy atom. The van der Waals surface area contributed by atoms with Crippen molar-refractivity contribution in [3.8, 4) is 16.9 Å². The Hall–Kier alpha value is -2.44. The molecule has 2 aromatic carbocycles. The van der Waals surface area contributed by atoms with Gasteiger partial charge in [-0.2, -0.15) is 10.2 Å². The minimum atomic E-state index is -0.0968. The van der Waals surface area contributed by atoms with E-state index >= 15 is 0 Å².